The van der Waals surface area contributed by atoms with Crippen molar-refractivity contribution < 1.29 is 19.4 Å². The zero-order valence-electron chi connectivity index (χ0n) is 10.3. The highest BCUT2D eigenvalue weighted by atomic mass is 16.5. The summed E-state index contributed by atoms with van der Waals surface area (Å²) in [5.74, 6) is -0.1000. The van der Waals surface area contributed by atoms with Gasteiger partial charge in [-0.05, 0) is 12.8 Å². The van der Waals surface area contributed by atoms with Crippen LogP contribution in [0.3, 0.4) is 0 Å². The van der Waals surface area contributed by atoms with E-state index < -0.39 is 5.54 Å². The average molecular weight is 246 g/mol. The summed E-state index contributed by atoms with van der Waals surface area (Å²) in [5.41, 5.74) is -0.502. The second-order valence-electron chi connectivity index (χ2n) is 4.27. The third kappa shape index (κ3) is 4.99. The summed E-state index contributed by atoms with van der Waals surface area (Å²) in [7, 11) is 1.62. The van der Waals surface area contributed by atoms with E-state index in [0.717, 1.165) is 0 Å². The maximum Gasteiger partial charge on any atom is 0.234 e. The smallest absolute Gasteiger partial charge is 0.234 e. The Hall–Kier alpha value is -0.690. The van der Waals surface area contributed by atoms with Crippen LogP contribution in [0.1, 0.15) is 12.8 Å². The summed E-state index contributed by atoms with van der Waals surface area (Å²) < 4.78 is 10.1. The van der Waals surface area contributed by atoms with E-state index >= 15 is 0 Å². The second-order valence-corrected chi connectivity index (χ2v) is 4.27. The Morgan fingerprint density at radius 1 is 1.47 bits per heavy atom. The fraction of sp³-hybridized carbons (Fsp3) is 0.909. The Bertz CT molecular complexity index is 230. The number of carbonyl (C=O) groups excluding carboxylic acids is 1. The molecule has 3 N–H and O–H groups in total. The summed E-state index contributed by atoms with van der Waals surface area (Å²) >= 11 is 0. The maximum absolute atomic E-state index is 11.7. The van der Waals surface area contributed by atoms with Gasteiger partial charge in [0, 0.05) is 26.9 Å². The van der Waals surface area contributed by atoms with Crippen LogP contribution in [0.5, 0.6) is 0 Å². The van der Waals surface area contributed by atoms with Gasteiger partial charge >= 0.3 is 0 Å². The molecule has 0 aliphatic carbocycles. The highest BCUT2D eigenvalue weighted by Gasteiger charge is 2.33. The van der Waals surface area contributed by atoms with Gasteiger partial charge in [-0.25, -0.2) is 0 Å². The Morgan fingerprint density at radius 3 is 2.76 bits per heavy atom. The van der Waals surface area contributed by atoms with Crippen molar-refractivity contribution in [1.29, 1.82) is 0 Å². The van der Waals surface area contributed by atoms with Crippen LogP contribution in [-0.4, -0.2) is 63.2 Å². The molecule has 1 heterocycles. The number of carbonyl (C=O) groups is 1. The lowest BCUT2D eigenvalue weighted by atomic mass is 9.91. The molecule has 1 aliphatic rings. The Balaban J connectivity index is 2.27. The predicted octanol–water partition coefficient (Wildman–Crippen LogP) is -1.12. The van der Waals surface area contributed by atoms with Gasteiger partial charge in [0.25, 0.3) is 0 Å². The molecule has 17 heavy (non-hydrogen) atoms. The van der Waals surface area contributed by atoms with Crippen LogP contribution in [0.25, 0.3) is 0 Å². The van der Waals surface area contributed by atoms with E-state index in [1.54, 1.807) is 7.11 Å². The predicted molar refractivity (Wildman–Crippen MR) is 62.8 cm³/mol. The van der Waals surface area contributed by atoms with Crippen LogP contribution in [0.2, 0.25) is 0 Å². The molecule has 1 rings (SSSR count). The number of ether oxygens (including phenoxy) is 2. The van der Waals surface area contributed by atoms with Crippen molar-refractivity contribution >= 4 is 5.91 Å². The summed E-state index contributed by atoms with van der Waals surface area (Å²) in [4.78, 5) is 11.7. The van der Waals surface area contributed by atoms with Crippen molar-refractivity contribution in [3.05, 3.63) is 0 Å². The van der Waals surface area contributed by atoms with Crippen molar-refractivity contribution in [2.75, 3.05) is 46.6 Å². The van der Waals surface area contributed by atoms with Crippen LogP contribution in [0, 0.1) is 0 Å². The standard InChI is InChI=1S/C11H22N2O4/c1-16-7-4-12-8-10(15)13-11(9-14)2-5-17-6-3-11/h12,14H,2-9H2,1H3,(H,13,15). The molecular weight excluding hydrogens is 224 g/mol. The van der Waals surface area contributed by atoms with E-state index in [2.05, 4.69) is 10.6 Å². The van der Waals surface area contributed by atoms with Crippen LogP contribution in [0.4, 0.5) is 0 Å². The number of hydrogen-bond donors (Lipinski definition) is 3. The Morgan fingerprint density at radius 2 is 2.18 bits per heavy atom. The SMILES string of the molecule is COCCNCC(=O)NC1(CO)CCOCC1. The number of aliphatic hydroxyl groups excluding tert-OH is 1. The lowest BCUT2D eigenvalue weighted by molar-refractivity contribution is -0.124. The third-order valence-electron chi connectivity index (χ3n) is 2.93. The molecule has 0 unspecified atom stereocenters. The molecule has 0 aromatic rings. The molecule has 1 amide bonds. The first-order valence-electron chi connectivity index (χ1n) is 5.92. The lowest BCUT2D eigenvalue weighted by Crippen LogP contribution is -2.56. The van der Waals surface area contributed by atoms with Crippen LogP contribution in [-0.2, 0) is 14.3 Å². The molecule has 6 nitrogen and oxygen atoms in total. The summed E-state index contributed by atoms with van der Waals surface area (Å²) in [6.07, 6.45) is 1.32. The van der Waals surface area contributed by atoms with Gasteiger partial charge in [-0.2, -0.15) is 0 Å². The largest absolute Gasteiger partial charge is 0.394 e. The van der Waals surface area contributed by atoms with Crippen molar-refractivity contribution in [2.24, 2.45) is 0 Å². The van der Waals surface area contributed by atoms with Crippen molar-refractivity contribution in [3.63, 3.8) is 0 Å². The van der Waals surface area contributed by atoms with Crippen molar-refractivity contribution in [1.82, 2.24) is 10.6 Å². The molecule has 1 fully saturated rings. The minimum absolute atomic E-state index is 0.0415. The van der Waals surface area contributed by atoms with Crippen molar-refractivity contribution in [3.8, 4) is 0 Å². The normalized spacial score (nSPS) is 18.9. The summed E-state index contributed by atoms with van der Waals surface area (Å²) in [6.45, 7) is 2.58. The van der Waals surface area contributed by atoms with Gasteiger partial charge in [-0.15, -0.1) is 0 Å². The third-order valence-corrected chi connectivity index (χ3v) is 2.93. The lowest BCUT2D eigenvalue weighted by Gasteiger charge is -2.36. The molecule has 0 bridgehead atoms. The highest BCUT2D eigenvalue weighted by Crippen LogP contribution is 2.19. The van der Waals surface area contributed by atoms with Crippen LogP contribution >= 0.6 is 0 Å². The van der Waals surface area contributed by atoms with Gasteiger partial charge in [0.15, 0.2) is 0 Å². The number of nitrogens with one attached hydrogen (secondary N) is 2. The first-order chi connectivity index (χ1) is 8.22. The first-order valence-corrected chi connectivity index (χ1v) is 5.92. The first kappa shape index (κ1) is 14.4. The fourth-order valence-corrected chi connectivity index (χ4v) is 1.80. The van der Waals surface area contributed by atoms with Gasteiger partial charge in [0.1, 0.15) is 0 Å². The molecule has 0 aromatic heterocycles. The fourth-order valence-electron chi connectivity index (χ4n) is 1.80. The van der Waals surface area contributed by atoms with Gasteiger partial charge in [0.05, 0.1) is 25.3 Å². The molecule has 0 radical (unpaired) electrons. The van der Waals surface area contributed by atoms with Crippen molar-refractivity contribution in [2.45, 2.75) is 18.4 Å². The van der Waals surface area contributed by atoms with E-state index in [-0.39, 0.29) is 19.1 Å². The highest BCUT2D eigenvalue weighted by molar-refractivity contribution is 5.78. The average Bonchev–Trinajstić information content (AvgIpc) is 2.36. The number of aliphatic hydroxyl groups is 1. The van der Waals surface area contributed by atoms with E-state index in [1.165, 1.54) is 0 Å². The van der Waals surface area contributed by atoms with E-state index in [1.807, 2.05) is 0 Å². The van der Waals surface area contributed by atoms with Gasteiger partial charge in [-0.3, -0.25) is 4.79 Å². The molecule has 1 aliphatic heterocycles. The zero-order valence-corrected chi connectivity index (χ0v) is 10.3. The molecule has 100 valence electrons. The zero-order chi connectivity index (χ0) is 12.6. The number of hydrogen-bond acceptors (Lipinski definition) is 5. The van der Waals surface area contributed by atoms with Gasteiger partial charge in [-0.1, -0.05) is 0 Å². The summed E-state index contributed by atoms with van der Waals surface area (Å²) in [5, 5.41) is 15.2. The van der Waals surface area contributed by atoms with Gasteiger partial charge in [0.2, 0.25) is 5.91 Å². The monoisotopic (exact) mass is 246 g/mol. The van der Waals surface area contributed by atoms with Gasteiger partial charge < -0.3 is 25.2 Å². The maximum atomic E-state index is 11.7. The van der Waals surface area contributed by atoms with E-state index in [4.69, 9.17) is 9.47 Å². The Kier molecular flexibility index (Phi) is 6.43. The molecular formula is C11H22N2O4. The van der Waals surface area contributed by atoms with E-state index in [0.29, 0.717) is 39.2 Å². The number of amides is 1. The molecule has 0 spiro atoms. The van der Waals surface area contributed by atoms with Crippen LogP contribution in [0.15, 0.2) is 0 Å². The quantitative estimate of drug-likeness (QED) is 0.496. The Labute approximate surface area is 102 Å². The second kappa shape index (κ2) is 7.60. The minimum atomic E-state index is -0.502. The molecule has 0 aromatic carbocycles. The number of rotatable bonds is 7. The number of methoxy groups -OCH3 is 1. The van der Waals surface area contributed by atoms with Crippen LogP contribution < -0.4 is 10.6 Å². The molecule has 1 saturated heterocycles. The molecule has 0 saturated carbocycles. The minimum Gasteiger partial charge on any atom is -0.394 e. The molecule has 6 heteroatoms. The van der Waals surface area contributed by atoms with E-state index in [9.17, 15) is 9.90 Å². The topological polar surface area (TPSA) is 79.8 Å². The molecule has 0 atom stereocenters. The summed E-state index contributed by atoms with van der Waals surface area (Å²) in [6, 6.07) is 0.